The third-order valence-electron chi connectivity index (χ3n) is 2.99. The summed E-state index contributed by atoms with van der Waals surface area (Å²) in [5.74, 6) is 2.88. The molecule has 2 rings (SSSR count). The van der Waals surface area contributed by atoms with E-state index in [2.05, 4.69) is 16.8 Å². The number of esters is 2. The lowest BCUT2D eigenvalue weighted by Crippen LogP contribution is -2.46. The van der Waals surface area contributed by atoms with Crippen LogP contribution in [0.5, 0.6) is 5.88 Å². The van der Waals surface area contributed by atoms with Gasteiger partial charge in [-0.15, -0.1) is 5.92 Å². The third-order valence-corrected chi connectivity index (χ3v) is 2.99. The number of hydrogen-bond donors (Lipinski definition) is 0. The Bertz CT molecular complexity index is 604. The summed E-state index contributed by atoms with van der Waals surface area (Å²) in [5.41, 5.74) is 0.920. The number of methoxy groups -OCH3 is 1. The maximum Gasteiger partial charge on any atom is 0.324 e. The zero-order valence-electron chi connectivity index (χ0n) is 12.7. The Morgan fingerprint density at radius 3 is 2.45 bits per heavy atom. The average molecular weight is 303 g/mol. The second kappa shape index (κ2) is 6.48. The Balaban J connectivity index is 1.90. The standard InChI is InChI=1S/C16H17NO5/c1-16(2)21-14(18)12(15(19)22-16)7-5-4-6-11-8-9-13(20-3)17-10-11/h8-10,12H,6-7H2,1-3H3. The van der Waals surface area contributed by atoms with Gasteiger partial charge in [0.1, 0.15) is 0 Å². The van der Waals surface area contributed by atoms with Crippen LogP contribution in [0.3, 0.4) is 0 Å². The van der Waals surface area contributed by atoms with Crippen LogP contribution >= 0.6 is 0 Å². The van der Waals surface area contributed by atoms with Gasteiger partial charge in [-0.25, -0.2) is 4.98 Å². The highest BCUT2D eigenvalue weighted by Crippen LogP contribution is 2.24. The van der Waals surface area contributed by atoms with E-state index in [1.54, 1.807) is 19.4 Å². The summed E-state index contributed by atoms with van der Waals surface area (Å²) in [7, 11) is 1.55. The lowest BCUT2D eigenvalue weighted by Gasteiger charge is -2.32. The number of pyridine rings is 1. The van der Waals surface area contributed by atoms with Crippen LogP contribution in [0.1, 0.15) is 25.8 Å². The van der Waals surface area contributed by atoms with Gasteiger partial charge in [-0.3, -0.25) is 9.59 Å². The molecule has 1 aromatic heterocycles. The van der Waals surface area contributed by atoms with Crippen LogP contribution < -0.4 is 4.74 Å². The number of aromatic nitrogens is 1. The molecule has 1 aromatic rings. The van der Waals surface area contributed by atoms with Crippen molar-refractivity contribution in [2.45, 2.75) is 32.5 Å². The summed E-state index contributed by atoms with van der Waals surface area (Å²) in [6.45, 7) is 3.03. The second-order valence-electron chi connectivity index (χ2n) is 5.24. The molecule has 0 amide bonds. The summed E-state index contributed by atoms with van der Waals surface area (Å²) < 4.78 is 15.0. The number of carbonyl (C=O) groups excluding carboxylic acids is 2. The molecule has 0 aromatic carbocycles. The second-order valence-corrected chi connectivity index (χ2v) is 5.24. The van der Waals surface area contributed by atoms with Crippen LogP contribution in [-0.2, 0) is 25.5 Å². The van der Waals surface area contributed by atoms with Crippen LogP contribution in [0.25, 0.3) is 0 Å². The Labute approximate surface area is 128 Å². The average Bonchev–Trinajstić information content (AvgIpc) is 2.45. The van der Waals surface area contributed by atoms with Crippen molar-refractivity contribution in [1.82, 2.24) is 4.98 Å². The fraction of sp³-hybridized carbons (Fsp3) is 0.438. The lowest BCUT2D eigenvalue weighted by molar-refractivity contribution is -0.239. The van der Waals surface area contributed by atoms with Gasteiger partial charge in [0.05, 0.1) is 7.11 Å². The number of hydrogen-bond acceptors (Lipinski definition) is 6. The zero-order chi connectivity index (χ0) is 16.2. The van der Waals surface area contributed by atoms with E-state index in [9.17, 15) is 9.59 Å². The van der Waals surface area contributed by atoms with E-state index in [0.29, 0.717) is 12.3 Å². The van der Waals surface area contributed by atoms with Gasteiger partial charge in [0.2, 0.25) is 5.88 Å². The van der Waals surface area contributed by atoms with Gasteiger partial charge in [0, 0.05) is 39.0 Å². The van der Waals surface area contributed by atoms with E-state index in [1.165, 1.54) is 13.8 Å². The molecule has 2 heterocycles. The first-order valence-corrected chi connectivity index (χ1v) is 6.81. The van der Waals surface area contributed by atoms with Crippen molar-refractivity contribution in [2.75, 3.05) is 7.11 Å². The molecular formula is C16H17NO5. The van der Waals surface area contributed by atoms with E-state index >= 15 is 0 Å². The molecular weight excluding hydrogens is 286 g/mol. The molecule has 0 spiro atoms. The van der Waals surface area contributed by atoms with Crippen molar-refractivity contribution in [3.63, 3.8) is 0 Å². The monoisotopic (exact) mass is 303 g/mol. The summed E-state index contributed by atoms with van der Waals surface area (Å²) in [6.07, 6.45) is 2.22. The van der Waals surface area contributed by atoms with E-state index in [4.69, 9.17) is 14.2 Å². The minimum Gasteiger partial charge on any atom is -0.481 e. The largest absolute Gasteiger partial charge is 0.481 e. The predicted molar refractivity (Wildman–Crippen MR) is 76.6 cm³/mol. The molecule has 0 saturated carbocycles. The molecule has 0 radical (unpaired) electrons. The van der Waals surface area contributed by atoms with Gasteiger partial charge in [-0.05, 0) is 5.56 Å². The SMILES string of the molecule is COc1ccc(CC#CCC2C(=O)OC(C)(C)OC2=O)cn1. The van der Waals surface area contributed by atoms with Gasteiger partial charge in [0.15, 0.2) is 5.92 Å². The highest BCUT2D eigenvalue weighted by Gasteiger charge is 2.42. The quantitative estimate of drug-likeness (QED) is 0.478. The summed E-state index contributed by atoms with van der Waals surface area (Å²) in [4.78, 5) is 27.5. The van der Waals surface area contributed by atoms with Crippen molar-refractivity contribution in [1.29, 1.82) is 0 Å². The Morgan fingerprint density at radius 1 is 1.23 bits per heavy atom. The molecule has 0 unspecified atom stereocenters. The number of carbonyl (C=O) groups is 2. The van der Waals surface area contributed by atoms with Crippen molar-refractivity contribution in [2.24, 2.45) is 5.92 Å². The van der Waals surface area contributed by atoms with Crippen molar-refractivity contribution < 1.29 is 23.8 Å². The first-order valence-electron chi connectivity index (χ1n) is 6.81. The van der Waals surface area contributed by atoms with Crippen molar-refractivity contribution >= 4 is 11.9 Å². The topological polar surface area (TPSA) is 74.7 Å². The van der Waals surface area contributed by atoms with E-state index in [1.807, 2.05) is 6.07 Å². The fourth-order valence-electron chi connectivity index (χ4n) is 1.89. The first-order chi connectivity index (χ1) is 10.4. The molecule has 6 nitrogen and oxygen atoms in total. The normalized spacial score (nSPS) is 17.0. The number of nitrogens with zero attached hydrogens (tertiary/aromatic N) is 1. The van der Waals surface area contributed by atoms with Gasteiger partial charge < -0.3 is 14.2 Å². The molecule has 1 aliphatic heterocycles. The highest BCUT2D eigenvalue weighted by atomic mass is 16.7. The number of rotatable bonds is 3. The minimum atomic E-state index is -1.20. The van der Waals surface area contributed by atoms with Crippen molar-refractivity contribution in [3.8, 4) is 17.7 Å². The van der Waals surface area contributed by atoms with E-state index < -0.39 is 23.6 Å². The summed E-state index contributed by atoms with van der Waals surface area (Å²) in [5, 5.41) is 0. The minimum absolute atomic E-state index is 0.0807. The molecule has 22 heavy (non-hydrogen) atoms. The smallest absolute Gasteiger partial charge is 0.324 e. The Kier molecular flexibility index (Phi) is 4.66. The zero-order valence-corrected chi connectivity index (χ0v) is 12.7. The highest BCUT2D eigenvalue weighted by molar-refractivity contribution is 5.96. The maximum atomic E-state index is 11.7. The van der Waals surface area contributed by atoms with Crippen molar-refractivity contribution in [3.05, 3.63) is 23.9 Å². The van der Waals surface area contributed by atoms with Gasteiger partial charge in [0.25, 0.3) is 5.79 Å². The molecule has 116 valence electrons. The summed E-state index contributed by atoms with van der Waals surface area (Å²) in [6, 6.07) is 3.60. The first kappa shape index (κ1) is 15.8. The van der Waals surface area contributed by atoms with Crippen LogP contribution in [-0.4, -0.2) is 29.8 Å². The van der Waals surface area contributed by atoms with E-state index in [0.717, 1.165) is 5.56 Å². The maximum absolute atomic E-state index is 11.7. The summed E-state index contributed by atoms with van der Waals surface area (Å²) >= 11 is 0. The Hall–Kier alpha value is -2.55. The number of cyclic esters (lactones) is 2. The third kappa shape index (κ3) is 3.98. The molecule has 6 heteroatoms. The van der Waals surface area contributed by atoms with E-state index in [-0.39, 0.29) is 6.42 Å². The molecule has 0 bridgehead atoms. The molecule has 1 saturated heterocycles. The molecule has 1 aliphatic rings. The molecule has 0 atom stereocenters. The Morgan fingerprint density at radius 2 is 1.91 bits per heavy atom. The van der Waals surface area contributed by atoms with Crippen LogP contribution in [0.15, 0.2) is 18.3 Å². The number of ether oxygens (including phenoxy) is 3. The predicted octanol–water partition coefficient (Wildman–Crippen LogP) is 1.48. The van der Waals surface area contributed by atoms with Gasteiger partial charge in [-0.2, -0.15) is 0 Å². The van der Waals surface area contributed by atoms with Crippen LogP contribution in [0.4, 0.5) is 0 Å². The molecule has 0 aliphatic carbocycles. The van der Waals surface area contributed by atoms with Crippen LogP contribution in [0, 0.1) is 17.8 Å². The fourth-order valence-corrected chi connectivity index (χ4v) is 1.89. The van der Waals surface area contributed by atoms with Gasteiger partial charge >= 0.3 is 11.9 Å². The molecule has 0 N–H and O–H groups in total. The van der Waals surface area contributed by atoms with Gasteiger partial charge in [-0.1, -0.05) is 12.0 Å². The lowest BCUT2D eigenvalue weighted by atomic mass is 10.0. The van der Waals surface area contributed by atoms with Crippen LogP contribution in [0.2, 0.25) is 0 Å². The molecule has 1 fully saturated rings.